The van der Waals surface area contributed by atoms with Crippen LogP contribution in [0.25, 0.3) is 0 Å². The lowest BCUT2D eigenvalue weighted by Crippen LogP contribution is -2.43. The third kappa shape index (κ3) is 5.84. The number of rotatable bonds is 6. The van der Waals surface area contributed by atoms with Crippen molar-refractivity contribution in [2.24, 2.45) is 4.99 Å². The third-order valence-electron chi connectivity index (χ3n) is 3.86. The lowest BCUT2D eigenvalue weighted by atomic mass is 10.1. The van der Waals surface area contributed by atoms with Crippen LogP contribution in [0.15, 0.2) is 35.3 Å². The van der Waals surface area contributed by atoms with Crippen LogP contribution >= 0.6 is 0 Å². The van der Waals surface area contributed by atoms with Crippen molar-refractivity contribution in [1.82, 2.24) is 15.5 Å². The van der Waals surface area contributed by atoms with E-state index in [4.69, 9.17) is 9.73 Å². The molecule has 0 aromatic heterocycles. The number of aliphatic imine (C=N–C) groups is 1. The van der Waals surface area contributed by atoms with Gasteiger partial charge in [0.2, 0.25) is 0 Å². The second-order valence-corrected chi connectivity index (χ2v) is 6.09. The highest BCUT2D eigenvalue weighted by Crippen LogP contribution is 2.22. The largest absolute Gasteiger partial charge is 0.379 e. The average Bonchev–Trinajstić information content (AvgIpc) is 2.56. The molecule has 0 radical (unpaired) electrons. The molecule has 0 amide bonds. The van der Waals surface area contributed by atoms with Gasteiger partial charge in [0.15, 0.2) is 5.96 Å². The Morgan fingerprint density at radius 1 is 1.22 bits per heavy atom. The maximum Gasteiger partial charge on any atom is 0.191 e. The van der Waals surface area contributed by atoms with Crippen LogP contribution < -0.4 is 10.6 Å². The summed E-state index contributed by atoms with van der Waals surface area (Å²) in [5, 5.41) is 6.71. The SMILES string of the molecule is CCNC(=NCC(c1ccccc1)N1CCOCC1)NC(C)C. The molecule has 5 nitrogen and oxygen atoms in total. The first-order valence-corrected chi connectivity index (χ1v) is 8.62. The zero-order valence-corrected chi connectivity index (χ0v) is 14.6. The highest BCUT2D eigenvalue weighted by Gasteiger charge is 2.22. The van der Waals surface area contributed by atoms with Crippen molar-refractivity contribution < 1.29 is 4.74 Å². The first-order valence-electron chi connectivity index (χ1n) is 8.62. The molecule has 1 atom stereocenters. The fraction of sp³-hybridized carbons (Fsp3) is 0.611. The van der Waals surface area contributed by atoms with Crippen LogP contribution in [-0.4, -0.2) is 56.3 Å². The molecule has 1 aliphatic heterocycles. The average molecular weight is 318 g/mol. The van der Waals surface area contributed by atoms with Crippen molar-refractivity contribution in [2.45, 2.75) is 32.9 Å². The van der Waals surface area contributed by atoms with E-state index in [2.05, 4.69) is 66.6 Å². The van der Waals surface area contributed by atoms with Gasteiger partial charge in [-0.1, -0.05) is 30.3 Å². The summed E-state index contributed by atoms with van der Waals surface area (Å²) in [6.45, 7) is 11.5. The van der Waals surface area contributed by atoms with E-state index in [1.165, 1.54) is 5.56 Å². The first kappa shape index (κ1) is 17.8. The molecule has 0 aliphatic carbocycles. The Labute approximate surface area is 140 Å². The summed E-state index contributed by atoms with van der Waals surface area (Å²) >= 11 is 0. The quantitative estimate of drug-likeness (QED) is 0.622. The Morgan fingerprint density at radius 3 is 2.52 bits per heavy atom. The van der Waals surface area contributed by atoms with Crippen LogP contribution in [0.3, 0.4) is 0 Å². The molecule has 1 aromatic rings. The molecule has 0 bridgehead atoms. The lowest BCUT2D eigenvalue weighted by molar-refractivity contribution is 0.0179. The lowest BCUT2D eigenvalue weighted by Gasteiger charge is -2.34. The summed E-state index contributed by atoms with van der Waals surface area (Å²) in [5.41, 5.74) is 1.32. The van der Waals surface area contributed by atoms with Gasteiger partial charge in [-0.15, -0.1) is 0 Å². The monoisotopic (exact) mass is 318 g/mol. The molecule has 1 aromatic carbocycles. The fourth-order valence-electron chi connectivity index (χ4n) is 2.77. The molecule has 128 valence electrons. The maximum absolute atomic E-state index is 5.50. The zero-order valence-electron chi connectivity index (χ0n) is 14.6. The molecule has 0 saturated carbocycles. The Hall–Kier alpha value is -1.59. The van der Waals surface area contributed by atoms with Gasteiger partial charge in [-0.3, -0.25) is 9.89 Å². The van der Waals surface area contributed by atoms with Crippen LogP contribution in [0, 0.1) is 0 Å². The summed E-state index contributed by atoms with van der Waals surface area (Å²) in [7, 11) is 0. The van der Waals surface area contributed by atoms with Gasteiger partial charge in [0.25, 0.3) is 0 Å². The van der Waals surface area contributed by atoms with Crippen LogP contribution in [0.4, 0.5) is 0 Å². The van der Waals surface area contributed by atoms with Gasteiger partial charge in [-0.25, -0.2) is 0 Å². The van der Waals surface area contributed by atoms with Gasteiger partial charge in [-0.2, -0.15) is 0 Å². The zero-order chi connectivity index (χ0) is 16.5. The van der Waals surface area contributed by atoms with E-state index < -0.39 is 0 Å². The number of morpholine rings is 1. The van der Waals surface area contributed by atoms with Crippen molar-refractivity contribution in [1.29, 1.82) is 0 Å². The van der Waals surface area contributed by atoms with Crippen molar-refractivity contribution in [3.8, 4) is 0 Å². The molecular weight excluding hydrogens is 288 g/mol. The van der Waals surface area contributed by atoms with Crippen LogP contribution in [-0.2, 0) is 4.74 Å². The molecule has 2 N–H and O–H groups in total. The molecule has 0 spiro atoms. The summed E-state index contributed by atoms with van der Waals surface area (Å²) in [6.07, 6.45) is 0. The van der Waals surface area contributed by atoms with E-state index in [1.807, 2.05) is 0 Å². The Kier molecular flexibility index (Phi) is 7.36. The molecule has 1 fully saturated rings. The Balaban J connectivity index is 2.12. The molecule has 1 saturated heterocycles. The second-order valence-electron chi connectivity index (χ2n) is 6.09. The van der Waals surface area contributed by atoms with Crippen molar-refractivity contribution in [3.05, 3.63) is 35.9 Å². The van der Waals surface area contributed by atoms with E-state index in [0.717, 1.165) is 45.4 Å². The summed E-state index contributed by atoms with van der Waals surface area (Å²) < 4.78 is 5.50. The molecule has 1 unspecified atom stereocenters. The second kappa shape index (κ2) is 9.53. The topological polar surface area (TPSA) is 48.9 Å². The third-order valence-corrected chi connectivity index (χ3v) is 3.86. The number of benzene rings is 1. The van der Waals surface area contributed by atoms with Crippen LogP contribution in [0.5, 0.6) is 0 Å². The van der Waals surface area contributed by atoms with E-state index in [-0.39, 0.29) is 0 Å². The van der Waals surface area contributed by atoms with Crippen LogP contribution in [0.1, 0.15) is 32.4 Å². The van der Waals surface area contributed by atoms with Crippen LogP contribution in [0.2, 0.25) is 0 Å². The first-order chi connectivity index (χ1) is 11.2. The number of guanidine groups is 1. The van der Waals surface area contributed by atoms with E-state index in [9.17, 15) is 0 Å². The number of hydrogen-bond donors (Lipinski definition) is 2. The molecule has 5 heteroatoms. The minimum absolute atomic E-state index is 0.294. The van der Waals surface area contributed by atoms with Gasteiger partial charge in [-0.05, 0) is 26.3 Å². The number of nitrogens with zero attached hydrogens (tertiary/aromatic N) is 2. The molecule has 1 aliphatic rings. The standard InChI is InChI=1S/C18H30N4O/c1-4-19-18(21-15(2)3)20-14-17(16-8-6-5-7-9-16)22-10-12-23-13-11-22/h5-9,15,17H,4,10-14H2,1-3H3,(H2,19,20,21). The summed E-state index contributed by atoms with van der Waals surface area (Å²) in [4.78, 5) is 7.29. The van der Waals surface area contributed by atoms with Gasteiger partial charge in [0.05, 0.1) is 25.8 Å². The predicted molar refractivity (Wildman–Crippen MR) is 95.8 cm³/mol. The highest BCUT2D eigenvalue weighted by molar-refractivity contribution is 5.80. The van der Waals surface area contributed by atoms with Gasteiger partial charge >= 0.3 is 0 Å². The number of hydrogen-bond acceptors (Lipinski definition) is 3. The van der Waals surface area contributed by atoms with Gasteiger partial charge in [0.1, 0.15) is 0 Å². The van der Waals surface area contributed by atoms with Crippen molar-refractivity contribution >= 4 is 5.96 Å². The molecule has 23 heavy (non-hydrogen) atoms. The molecule has 2 rings (SSSR count). The smallest absolute Gasteiger partial charge is 0.191 e. The van der Waals surface area contributed by atoms with Gasteiger partial charge < -0.3 is 15.4 Å². The highest BCUT2D eigenvalue weighted by atomic mass is 16.5. The number of ether oxygens (including phenoxy) is 1. The fourth-order valence-corrected chi connectivity index (χ4v) is 2.77. The predicted octanol–water partition coefficient (Wildman–Crippen LogP) is 2.02. The Bertz CT molecular complexity index is 469. The van der Waals surface area contributed by atoms with Crippen molar-refractivity contribution in [3.63, 3.8) is 0 Å². The molecular formula is C18H30N4O. The number of nitrogens with one attached hydrogen (secondary N) is 2. The summed E-state index contributed by atoms with van der Waals surface area (Å²) in [6, 6.07) is 11.3. The normalized spacial score (nSPS) is 18.0. The van der Waals surface area contributed by atoms with E-state index >= 15 is 0 Å². The maximum atomic E-state index is 5.50. The van der Waals surface area contributed by atoms with E-state index in [0.29, 0.717) is 12.1 Å². The summed E-state index contributed by atoms with van der Waals surface area (Å²) in [5.74, 6) is 0.886. The van der Waals surface area contributed by atoms with Gasteiger partial charge in [0, 0.05) is 25.7 Å². The molecule has 1 heterocycles. The van der Waals surface area contributed by atoms with E-state index in [1.54, 1.807) is 0 Å². The van der Waals surface area contributed by atoms with Crippen molar-refractivity contribution in [2.75, 3.05) is 39.4 Å². The Morgan fingerprint density at radius 2 is 1.91 bits per heavy atom. The minimum Gasteiger partial charge on any atom is -0.379 e. The minimum atomic E-state index is 0.294.